The highest BCUT2D eigenvalue weighted by Crippen LogP contribution is 2.29. The third-order valence-electron chi connectivity index (χ3n) is 7.68. The summed E-state index contributed by atoms with van der Waals surface area (Å²) in [6, 6.07) is 4.57. The van der Waals surface area contributed by atoms with Crippen molar-refractivity contribution in [2.24, 2.45) is 0 Å². The molecule has 0 saturated carbocycles. The molecule has 3 aromatic rings. The summed E-state index contributed by atoms with van der Waals surface area (Å²) < 4.78 is 58.3. The predicted octanol–water partition coefficient (Wildman–Crippen LogP) is 3.14. The van der Waals surface area contributed by atoms with Crippen molar-refractivity contribution < 1.29 is 22.4 Å². The zero-order valence-electron chi connectivity index (χ0n) is 23.1. The summed E-state index contributed by atoms with van der Waals surface area (Å²) in [5.74, 6) is 5.47. The minimum atomic E-state index is -4.48. The molecule has 2 N–H and O–H groups in total. The van der Waals surface area contributed by atoms with Gasteiger partial charge < -0.3 is 20.4 Å². The van der Waals surface area contributed by atoms with Crippen LogP contribution in [-0.4, -0.2) is 100 Å². The van der Waals surface area contributed by atoms with E-state index in [1.54, 1.807) is 18.3 Å². The standard InChI is InChI=1S/C28H34F4N8O/c1-37-12-8-20(9-13-37)39-17-19(16-34-39)27(41)33-11-4-5-23-21(15-28(30,31)32)25-6-3-7-26(40(25)36-23)35-24-10-14-38(2)18-22(24)29/h3,6-7,16-17,20,22,24,35H,8-15,18H2,1-2H3,(H,33,41)/t22-,24+/m0/s1. The van der Waals surface area contributed by atoms with E-state index in [4.69, 9.17) is 0 Å². The Labute approximate surface area is 235 Å². The Bertz CT molecular complexity index is 1430. The van der Waals surface area contributed by atoms with Crippen molar-refractivity contribution in [1.82, 2.24) is 34.5 Å². The van der Waals surface area contributed by atoms with Gasteiger partial charge in [-0.05, 0) is 64.5 Å². The molecule has 0 radical (unpaired) electrons. The van der Waals surface area contributed by atoms with Crippen molar-refractivity contribution in [2.75, 3.05) is 52.1 Å². The van der Waals surface area contributed by atoms with Crippen LogP contribution in [0, 0.1) is 11.8 Å². The van der Waals surface area contributed by atoms with Crippen LogP contribution in [0.1, 0.15) is 46.9 Å². The first-order chi connectivity index (χ1) is 19.6. The van der Waals surface area contributed by atoms with E-state index in [2.05, 4.69) is 44.6 Å². The van der Waals surface area contributed by atoms with E-state index in [9.17, 15) is 22.4 Å². The van der Waals surface area contributed by atoms with Crippen LogP contribution in [0.15, 0.2) is 30.6 Å². The number of aromatic nitrogens is 4. The Balaban J connectivity index is 1.30. The maximum Gasteiger partial charge on any atom is 0.393 e. The zero-order valence-corrected chi connectivity index (χ0v) is 23.1. The van der Waals surface area contributed by atoms with Gasteiger partial charge in [-0.25, -0.2) is 8.91 Å². The quantitative estimate of drug-likeness (QED) is 0.348. The Kier molecular flexibility index (Phi) is 8.51. The van der Waals surface area contributed by atoms with Gasteiger partial charge in [0.25, 0.3) is 5.91 Å². The average Bonchev–Trinajstić information content (AvgIpc) is 3.54. The number of fused-ring (bicyclic) bond motifs is 1. The molecule has 3 aromatic heterocycles. The van der Waals surface area contributed by atoms with E-state index in [0.717, 1.165) is 25.9 Å². The number of rotatable bonds is 6. The summed E-state index contributed by atoms with van der Waals surface area (Å²) in [7, 11) is 3.92. The first-order valence-electron chi connectivity index (χ1n) is 13.7. The van der Waals surface area contributed by atoms with Crippen molar-refractivity contribution in [1.29, 1.82) is 0 Å². The van der Waals surface area contributed by atoms with E-state index in [0.29, 0.717) is 24.3 Å². The lowest BCUT2D eigenvalue weighted by Crippen LogP contribution is -2.46. The Morgan fingerprint density at radius 3 is 2.61 bits per heavy atom. The number of alkyl halides is 4. The first kappa shape index (κ1) is 28.9. The molecule has 2 aliphatic heterocycles. The molecule has 0 aromatic carbocycles. The number of nitrogens with one attached hydrogen (secondary N) is 2. The molecule has 0 unspecified atom stereocenters. The van der Waals surface area contributed by atoms with Gasteiger partial charge in [-0.15, -0.1) is 0 Å². The van der Waals surface area contributed by atoms with Crippen LogP contribution in [0.25, 0.3) is 5.52 Å². The highest BCUT2D eigenvalue weighted by Gasteiger charge is 2.32. The van der Waals surface area contributed by atoms with Gasteiger partial charge in [0.15, 0.2) is 0 Å². The molecule has 2 saturated heterocycles. The fourth-order valence-corrected chi connectivity index (χ4v) is 5.38. The fourth-order valence-electron chi connectivity index (χ4n) is 5.38. The maximum atomic E-state index is 14.6. The van der Waals surface area contributed by atoms with Crippen molar-refractivity contribution in [3.05, 3.63) is 47.4 Å². The molecular formula is C28H34F4N8O. The molecule has 2 atom stereocenters. The topological polar surface area (TPSA) is 82.7 Å². The minimum absolute atomic E-state index is 0.0407. The fraction of sp³-hybridized carbons (Fsp3) is 0.536. The van der Waals surface area contributed by atoms with Gasteiger partial charge in [0.05, 0.1) is 42.3 Å². The second-order valence-corrected chi connectivity index (χ2v) is 10.9. The van der Waals surface area contributed by atoms with Crippen molar-refractivity contribution >= 4 is 17.2 Å². The lowest BCUT2D eigenvalue weighted by atomic mass is 10.0. The Morgan fingerprint density at radius 2 is 1.88 bits per heavy atom. The van der Waals surface area contributed by atoms with Crippen molar-refractivity contribution in [3.8, 4) is 11.8 Å². The molecule has 9 nitrogen and oxygen atoms in total. The summed E-state index contributed by atoms with van der Waals surface area (Å²) >= 11 is 0. The number of anilines is 1. The van der Waals surface area contributed by atoms with Gasteiger partial charge in [0.1, 0.15) is 17.7 Å². The molecule has 13 heteroatoms. The van der Waals surface area contributed by atoms with E-state index in [1.165, 1.54) is 16.8 Å². The normalized spacial score (nSPS) is 21.0. The number of hydrogen-bond acceptors (Lipinski definition) is 6. The van der Waals surface area contributed by atoms with E-state index in [-0.39, 0.29) is 41.8 Å². The maximum absolute atomic E-state index is 14.6. The van der Waals surface area contributed by atoms with Gasteiger partial charge >= 0.3 is 6.18 Å². The molecule has 5 heterocycles. The van der Waals surface area contributed by atoms with Crippen molar-refractivity contribution in [2.45, 2.75) is 50.1 Å². The summed E-state index contributed by atoms with van der Waals surface area (Å²) in [6.45, 7) is 2.82. The summed E-state index contributed by atoms with van der Waals surface area (Å²) in [6.07, 6.45) is -1.16. The second kappa shape index (κ2) is 12.1. The number of amides is 1. The Morgan fingerprint density at radius 1 is 1.12 bits per heavy atom. The van der Waals surface area contributed by atoms with Gasteiger partial charge in [0, 0.05) is 24.8 Å². The largest absolute Gasteiger partial charge is 0.393 e. The number of likely N-dealkylation sites (tertiary alicyclic amines) is 2. The molecule has 0 aliphatic carbocycles. The third-order valence-corrected chi connectivity index (χ3v) is 7.68. The van der Waals surface area contributed by atoms with E-state index >= 15 is 0 Å². The van der Waals surface area contributed by atoms with Gasteiger partial charge in [-0.2, -0.15) is 23.4 Å². The second-order valence-electron chi connectivity index (χ2n) is 10.9. The molecule has 5 rings (SSSR count). The monoisotopic (exact) mass is 574 g/mol. The van der Waals surface area contributed by atoms with E-state index < -0.39 is 24.8 Å². The lowest BCUT2D eigenvalue weighted by molar-refractivity contribution is -0.127. The summed E-state index contributed by atoms with van der Waals surface area (Å²) in [4.78, 5) is 16.8. The van der Waals surface area contributed by atoms with Gasteiger partial charge in [0.2, 0.25) is 0 Å². The third kappa shape index (κ3) is 7.00. The number of halogens is 4. The van der Waals surface area contributed by atoms with Gasteiger partial charge in [-0.1, -0.05) is 12.0 Å². The number of hydrogen-bond donors (Lipinski definition) is 2. The predicted molar refractivity (Wildman–Crippen MR) is 147 cm³/mol. The molecular weight excluding hydrogens is 540 g/mol. The molecule has 220 valence electrons. The average molecular weight is 575 g/mol. The van der Waals surface area contributed by atoms with Crippen LogP contribution >= 0.6 is 0 Å². The summed E-state index contributed by atoms with van der Waals surface area (Å²) in [5, 5.41) is 14.5. The minimum Gasteiger partial charge on any atom is -0.364 e. The van der Waals surface area contributed by atoms with Gasteiger partial charge in [-0.3, -0.25) is 9.48 Å². The SMILES string of the molecule is CN1CCC(n2cc(C(=O)NCC#Cc3nn4c(N[C@@H]5CCN(C)C[C@@H]5F)cccc4c3CC(F)(F)F)cn2)CC1. The van der Waals surface area contributed by atoms with Crippen LogP contribution in [-0.2, 0) is 6.42 Å². The van der Waals surface area contributed by atoms with Crippen LogP contribution in [0.5, 0.6) is 0 Å². The number of nitrogens with zero attached hydrogens (tertiary/aromatic N) is 6. The molecule has 41 heavy (non-hydrogen) atoms. The highest BCUT2D eigenvalue weighted by molar-refractivity contribution is 5.93. The molecule has 1 amide bonds. The van der Waals surface area contributed by atoms with Crippen LogP contribution in [0.4, 0.5) is 23.4 Å². The van der Waals surface area contributed by atoms with Crippen LogP contribution in [0.3, 0.4) is 0 Å². The first-order valence-corrected chi connectivity index (χ1v) is 13.7. The number of carbonyl (C=O) groups excluding carboxylic acids is 1. The lowest BCUT2D eigenvalue weighted by Gasteiger charge is -2.33. The molecule has 2 fully saturated rings. The number of piperidine rings is 2. The summed E-state index contributed by atoms with van der Waals surface area (Å²) in [5.41, 5.74) is 0.526. The molecule has 0 spiro atoms. The molecule has 2 aliphatic rings. The Hall–Kier alpha value is -3.63. The van der Waals surface area contributed by atoms with E-state index in [1.807, 2.05) is 16.6 Å². The smallest absolute Gasteiger partial charge is 0.364 e. The zero-order chi connectivity index (χ0) is 29.1. The molecule has 0 bridgehead atoms. The number of carbonyl (C=O) groups is 1. The number of pyridine rings is 1. The van der Waals surface area contributed by atoms with Crippen LogP contribution in [0.2, 0.25) is 0 Å². The van der Waals surface area contributed by atoms with Crippen LogP contribution < -0.4 is 10.6 Å². The highest BCUT2D eigenvalue weighted by atomic mass is 19.4. The van der Waals surface area contributed by atoms with Crippen molar-refractivity contribution in [3.63, 3.8) is 0 Å².